The van der Waals surface area contributed by atoms with Gasteiger partial charge in [0, 0.05) is 21.5 Å². The Hall–Kier alpha value is -6.78. The summed E-state index contributed by atoms with van der Waals surface area (Å²) in [5.74, 6) is 0. The molecule has 0 aliphatic heterocycles. The fourth-order valence-corrected chi connectivity index (χ4v) is 7.51. The molecule has 0 saturated carbocycles. The minimum Gasteiger partial charge on any atom is -0.248 e. The first-order chi connectivity index (χ1) is 26.4. The SMILES string of the molecule is Cc1c(C)c(=Nc2ccccc2)c2cc3cc4cc5c(=Nc6ccccc6)c(C)c(C)c(=Nc6ccccc6)c5cc4cc3cc2c1=Nc1ccccc1. The molecule has 54 heavy (non-hydrogen) atoms. The highest BCUT2D eigenvalue weighted by Crippen LogP contribution is 2.30. The molecule has 4 heteroatoms. The lowest BCUT2D eigenvalue weighted by atomic mass is 9.93. The molecule has 9 aromatic rings. The summed E-state index contributed by atoms with van der Waals surface area (Å²) in [5.41, 5.74) is 8.21. The Morgan fingerprint density at radius 1 is 0.259 bits per heavy atom. The lowest BCUT2D eigenvalue weighted by molar-refractivity contribution is 1.20. The number of fused-ring (bicyclic) bond motifs is 4. The quantitative estimate of drug-likeness (QED) is 0.165. The van der Waals surface area contributed by atoms with Gasteiger partial charge in [-0.15, -0.1) is 0 Å². The zero-order valence-electron chi connectivity index (χ0n) is 30.8. The number of hydrogen-bond acceptors (Lipinski definition) is 4. The van der Waals surface area contributed by atoms with Gasteiger partial charge in [0.2, 0.25) is 0 Å². The van der Waals surface area contributed by atoms with Crippen molar-refractivity contribution >= 4 is 65.8 Å². The third-order valence-electron chi connectivity index (χ3n) is 10.6. The molecule has 0 unspecified atom stereocenters. The van der Waals surface area contributed by atoms with Crippen LogP contribution in [0.1, 0.15) is 22.3 Å². The van der Waals surface area contributed by atoms with Crippen molar-refractivity contribution in [2.24, 2.45) is 20.0 Å². The first-order valence-electron chi connectivity index (χ1n) is 18.4. The van der Waals surface area contributed by atoms with Gasteiger partial charge in [0.15, 0.2) is 0 Å². The third kappa shape index (κ3) is 6.02. The standard InChI is InChI=1S/C50H38N4/c1-31-32(2)48(52-40-19-11-6-12-20-40)44-28-36-26-38-30-46-45(29-37(38)25-35(36)27-43(44)47(31)51-39-17-9-5-10-18-39)49(53-41-21-13-7-14-22-41)33(3)34(4)50(46)54-42-23-15-8-16-24-42/h5-30H,1-4H3. The molecule has 0 aliphatic carbocycles. The van der Waals surface area contributed by atoms with Crippen LogP contribution in [-0.4, -0.2) is 0 Å². The van der Waals surface area contributed by atoms with E-state index in [0.29, 0.717) is 0 Å². The van der Waals surface area contributed by atoms with Crippen molar-refractivity contribution in [1.29, 1.82) is 0 Å². The molecular formula is C50H38N4. The van der Waals surface area contributed by atoms with E-state index in [1.54, 1.807) is 0 Å². The molecule has 0 bridgehead atoms. The fraction of sp³-hybridized carbons (Fsp3) is 0.0800. The molecule has 0 amide bonds. The van der Waals surface area contributed by atoms with Gasteiger partial charge < -0.3 is 0 Å². The van der Waals surface area contributed by atoms with Crippen LogP contribution < -0.4 is 21.4 Å². The molecule has 0 saturated heterocycles. The van der Waals surface area contributed by atoms with E-state index in [9.17, 15) is 0 Å². The number of hydrogen-bond donors (Lipinski definition) is 0. The summed E-state index contributed by atoms with van der Waals surface area (Å²) in [6.07, 6.45) is 0. The predicted molar refractivity (Wildman–Crippen MR) is 224 cm³/mol. The van der Waals surface area contributed by atoms with E-state index in [4.69, 9.17) is 20.0 Å². The molecule has 9 rings (SSSR count). The zero-order valence-corrected chi connectivity index (χ0v) is 30.8. The predicted octanol–water partition coefficient (Wildman–Crippen LogP) is 11.3. The lowest BCUT2D eigenvalue weighted by Crippen LogP contribution is -2.20. The molecule has 0 heterocycles. The van der Waals surface area contributed by atoms with E-state index in [1.165, 1.54) is 0 Å². The van der Waals surface area contributed by atoms with Crippen LogP contribution in [0.15, 0.2) is 178 Å². The summed E-state index contributed by atoms with van der Waals surface area (Å²) in [4.78, 5) is 20.9. The molecule has 0 aromatic heterocycles. The van der Waals surface area contributed by atoms with Crippen molar-refractivity contribution < 1.29 is 0 Å². The van der Waals surface area contributed by atoms with E-state index < -0.39 is 0 Å². The van der Waals surface area contributed by atoms with Gasteiger partial charge in [0.1, 0.15) is 0 Å². The smallest absolute Gasteiger partial charge is 0.0748 e. The molecule has 0 atom stereocenters. The summed E-state index contributed by atoms with van der Waals surface area (Å²) < 4.78 is 0. The second-order valence-corrected chi connectivity index (χ2v) is 14.0. The summed E-state index contributed by atoms with van der Waals surface area (Å²) in [7, 11) is 0. The summed E-state index contributed by atoms with van der Waals surface area (Å²) in [6, 6.07) is 54.7. The second kappa shape index (κ2) is 13.6. The number of rotatable bonds is 4. The van der Waals surface area contributed by atoms with Crippen LogP contribution >= 0.6 is 0 Å². The van der Waals surface area contributed by atoms with Crippen LogP contribution in [0.2, 0.25) is 0 Å². The van der Waals surface area contributed by atoms with Crippen LogP contribution in [0.25, 0.3) is 43.1 Å². The maximum atomic E-state index is 5.24. The average Bonchev–Trinajstić information content (AvgIpc) is 3.21. The Kier molecular flexibility index (Phi) is 8.36. The first kappa shape index (κ1) is 33.1. The van der Waals surface area contributed by atoms with Crippen molar-refractivity contribution in [3.05, 3.63) is 201 Å². The maximum Gasteiger partial charge on any atom is 0.0748 e. The van der Waals surface area contributed by atoms with Gasteiger partial charge in [-0.1, -0.05) is 72.8 Å². The van der Waals surface area contributed by atoms with Gasteiger partial charge in [0.25, 0.3) is 0 Å². The van der Waals surface area contributed by atoms with Crippen molar-refractivity contribution in [1.82, 2.24) is 0 Å². The van der Waals surface area contributed by atoms with Crippen molar-refractivity contribution in [3.8, 4) is 0 Å². The van der Waals surface area contributed by atoms with Gasteiger partial charge >= 0.3 is 0 Å². The monoisotopic (exact) mass is 694 g/mol. The topological polar surface area (TPSA) is 49.4 Å². The van der Waals surface area contributed by atoms with Crippen LogP contribution in [0.5, 0.6) is 0 Å². The molecule has 258 valence electrons. The highest BCUT2D eigenvalue weighted by atomic mass is 14.8. The van der Waals surface area contributed by atoms with Crippen molar-refractivity contribution in [3.63, 3.8) is 0 Å². The largest absolute Gasteiger partial charge is 0.248 e. The van der Waals surface area contributed by atoms with Crippen LogP contribution in [0.4, 0.5) is 22.7 Å². The Balaban J connectivity index is 1.40. The number of benzene rings is 9. The third-order valence-corrected chi connectivity index (χ3v) is 10.6. The van der Waals surface area contributed by atoms with Gasteiger partial charge in [-0.05, 0) is 156 Å². The normalized spacial score (nSPS) is 13.3. The maximum absolute atomic E-state index is 5.24. The van der Waals surface area contributed by atoms with Gasteiger partial charge in [0.05, 0.1) is 44.2 Å². The highest BCUT2D eigenvalue weighted by Gasteiger charge is 2.14. The van der Waals surface area contributed by atoms with Crippen LogP contribution in [-0.2, 0) is 0 Å². The minimum atomic E-state index is 0.927. The van der Waals surface area contributed by atoms with E-state index >= 15 is 0 Å². The Morgan fingerprint density at radius 2 is 0.463 bits per heavy atom. The molecular weight excluding hydrogens is 657 g/mol. The Bertz CT molecular complexity index is 2730. The van der Waals surface area contributed by atoms with Crippen LogP contribution in [0, 0.1) is 27.7 Å². The average molecular weight is 695 g/mol. The van der Waals surface area contributed by atoms with E-state index in [1.807, 2.05) is 72.8 Å². The molecule has 0 N–H and O–H groups in total. The Morgan fingerprint density at radius 3 is 0.667 bits per heavy atom. The van der Waals surface area contributed by atoms with Crippen molar-refractivity contribution in [2.45, 2.75) is 27.7 Å². The van der Waals surface area contributed by atoms with E-state index in [-0.39, 0.29) is 0 Å². The summed E-state index contributed by atoms with van der Waals surface area (Å²) >= 11 is 0. The fourth-order valence-electron chi connectivity index (χ4n) is 7.51. The minimum absolute atomic E-state index is 0.927. The van der Waals surface area contributed by atoms with Gasteiger partial charge in [-0.3, -0.25) is 0 Å². The van der Waals surface area contributed by atoms with Gasteiger partial charge in [-0.25, -0.2) is 20.0 Å². The zero-order chi connectivity index (χ0) is 36.8. The highest BCUT2D eigenvalue weighted by molar-refractivity contribution is 6.08. The summed E-state index contributed by atoms with van der Waals surface area (Å²) in [6.45, 7) is 8.66. The number of para-hydroxylation sites is 4. The number of nitrogens with zero attached hydrogens (tertiary/aromatic N) is 4. The Labute approximate surface area is 313 Å². The molecule has 4 nitrogen and oxygen atoms in total. The first-order valence-corrected chi connectivity index (χ1v) is 18.4. The molecule has 0 spiro atoms. The molecule has 0 aliphatic rings. The van der Waals surface area contributed by atoms with Gasteiger partial charge in [-0.2, -0.15) is 0 Å². The summed E-state index contributed by atoms with van der Waals surface area (Å²) in [5, 5.41) is 12.8. The molecule has 9 aromatic carbocycles. The molecule has 0 radical (unpaired) electrons. The second-order valence-electron chi connectivity index (χ2n) is 14.0. The molecule has 0 fully saturated rings. The lowest BCUT2D eigenvalue weighted by Gasteiger charge is -2.13. The van der Waals surface area contributed by atoms with Crippen molar-refractivity contribution in [2.75, 3.05) is 0 Å². The van der Waals surface area contributed by atoms with Crippen LogP contribution in [0.3, 0.4) is 0 Å². The van der Waals surface area contributed by atoms with E-state index in [2.05, 4.69) is 113 Å². The van der Waals surface area contributed by atoms with E-state index in [0.717, 1.165) is 110 Å².